The molecule has 0 heterocycles. The van der Waals surface area contributed by atoms with Gasteiger partial charge in [-0.05, 0) is 0 Å². The standard InChI is InChI=1S/C7H12O6.K/c8-3-1-7(13,6(11)12)2-4(9)5(3)10;/h3-5,8-10,13H,1-2H2,(H,11,12);/q;+1/p-1/t3-,4-,5?,7?;/m1./s1. The van der Waals surface area contributed by atoms with Crippen molar-refractivity contribution in [2.45, 2.75) is 36.8 Å². The summed E-state index contributed by atoms with van der Waals surface area (Å²) < 4.78 is 0. The molecule has 0 aliphatic heterocycles. The van der Waals surface area contributed by atoms with Gasteiger partial charge in [0.05, 0.1) is 18.2 Å². The normalized spacial score (nSPS) is 42.7. The molecule has 0 aromatic heterocycles. The molecule has 0 bridgehead atoms. The molecule has 0 aromatic carbocycles. The molecule has 6 nitrogen and oxygen atoms in total. The average molecular weight is 230 g/mol. The molecule has 1 rings (SSSR count). The van der Waals surface area contributed by atoms with Gasteiger partial charge in [0.2, 0.25) is 0 Å². The Labute approximate surface area is 123 Å². The van der Waals surface area contributed by atoms with Crippen LogP contribution in [0.5, 0.6) is 0 Å². The van der Waals surface area contributed by atoms with E-state index in [2.05, 4.69) is 0 Å². The van der Waals surface area contributed by atoms with E-state index in [4.69, 9.17) is 15.3 Å². The second-order valence-electron chi connectivity index (χ2n) is 3.35. The topological polar surface area (TPSA) is 121 Å². The first-order valence-electron chi connectivity index (χ1n) is 3.85. The number of carboxylic acid groups (broad SMARTS) is 1. The van der Waals surface area contributed by atoms with Crippen molar-refractivity contribution in [1.29, 1.82) is 0 Å². The summed E-state index contributed by atoms with van der Waals surface area (Å²) >= 11 is 0. The van der Waals surface area contributed by atoms with Crippen LogP contribution in [0.15, 0.2) is 0 Å². The fraction of sp³-hybridized carbons (Fsp3) is 0.857. The van der Waals surface area contributed by atoms with E-state index >= 15 is 0 Å². The van der Waals surface area contributed by atoms with E-state index in [1.165, 1.54) is 0 Å². The van der Waals surface area contributed by atoms with Crippen LogP contribution < -0.4 is 56.5 Å². The predicted molar refractivity (Wildman–Crippen MR) is 37.2 cm³/mol. The summed E-state index contributed by atoms with van der Waals surface area (Å²) in [6.45, 7) is 0. The summed E-state index contributed by atoms with van der Waals surface area (Å²) in [5, 5.41) is 46.9. The van der Waals surface area contributed by atoms with E-state index in [9.17, 15) is 15.0 Å². The van der Waals surface area contributed by atoms with Crippen LogP contribution in [0.1, 0.15) is 12.8 Å². The van der Waals surface area contributed by atoms with Gasteiger partial charge in [-0.15, -0.1) is 0 Å². The van der Waals surface area contributed by atoms with Crippen molar-refractivity contribution in [2.75, 3.05) is 0 Å². The molecule has 7 heteroatoms. The third kappa shape index (κ3) is 2.97. The second-order valence-corrected chi connectivity index (χ2v) is 3.35. The zero-order valence-corrected chi connectivity index (χ0v) is 10.9. The zero-order valence-electron chi connectivity index (χ0n) is 7.75. The van der Waals surface area contributed by atoms with E-state index in [0.29, 0.717) is 0 Å². The minimum absolute atomic E-state index is 0. The van der Waals surface area contributed by atoms with Gasteiger partial charge in [-0.1, -0.05) is 0 Å². The van der Waals surface area contributed by atoms with Gasteiger partial charge in [0, 0.05) is 12.8 Å². The molecule has 76 valence electrons. The third-order valence-corrected chi connectivity index (χ3v) is 2.26. The van der Waals surface area contributed by atoms with E-state index in [1.54, 1.807) is 0 Å². The Kier molecular flexibility index (Phi) is 5.69. The molecule has 4 N–H and O–H groups in total. The first kappa shape index (κ1) is 14.9. The number of carbonyl (C=O) groups is 1. The Morgan fingerprint density at radius 2 is 1.57 bits per heavy atom. The number of aliphatic hydroxyl groups is 4. The number of hydrogen-bond acceptors (Lipinski definition) is 6. The molecule has 1 aliphatic rings. The van der Waals surface area contributed by atoms with Gasteiger partial charge in [0.25, 0.3) is 0 Å². The first-order valence-corrected chi connectivity index (χ1v) is 3.85. The summed E-state index contributed by atoms with van der Waals surface area (Å²) in [5.74, 6) is -1.75. The molecule has 14 heavy (non-hydrogen) atoms. The zero-order chi connectivity index (χ0) is 10.2. The third-order valence-electron chi connectivity index (χ3n) is 2.26. The Morgan fingerprint density at radius 1 is 1.21 bits per heavy atom. The van der Waals surface area contributed by atoms with Gasteiger partial charge >= 0.3 is 51.4 Å². The van der Waals surface area contributed by atoms with Crippen molar-refractivity contribution in [3.63, 3.8) is 0 Å². The van der Waals surface area contributed by atoms with Gasteiger partial charge in [-0.3, -0.25) is 0 Å². The average Bonchev–Trinajstić information content (AvgIpc) is 2.00. The van der Waals surface area contributed by atoms with E-state index in [-0.39, 0.29) is 51.4 Å². The van der Waals surface area contributed by atoms with Crippen LogP contribution in [0.3, 0.4) is 0 Å². The number of carbonyl (C=O) groups excluding carboxylic acids is 1. The molecule has 1 aliphatic carbocycles. The summed E-state index contributed by atoms with van der Waals surface area (Å²) in [6, 6.07) is 0. The maximum atomic E-state index is 10.4. The predicted octanol–water partition coefficient (Wildman–Crippen LogP) is -6.65. The van der Waals surface area contributed by atoms with Crippen LogP contribution >= 0.6 is 0 Å². The van der Waals surface area contributed by atoms with Crippen LogP contribution in [0.2, 0.25) is 0 Å². The smallest absolute Gasteiger partial charge is 0.547 e. The van der Waals surface area contributed by atoms with Crippen molar-refractivity contribution >= 4 is 5.97 Å². The number of carboxylic acids is 1. The maximum absolute atomic E-state index is 10.4. The fourth-order valence-electron chi connectivity index (χ4n) is 1.44. The van der Waals surface area contributed by atoms with Gasteiger partial charge in [-0.25, -0.2) is 0 Å². The number of aliphatic carboxylic acids is 1. The summed E-state index contributed by atoms with van der Waals surface area (Å²) in [4.78, 5) is 10.4. The van der Waals surface area contributed by atoms with Crippen molar-refractivity contribution in [1.82, 2.24) is 0 Å². The number of aliphatic hydroxyl groups excluding tert-OH is 3. The van der Waals surface area contributed by atoms with Crippen LogP contribution in [0, 0.1) is 0 Å². The van der Waals surface area contributed by atoms with E-state index < -0.39 is 42.7 Å². The van der Waals surface area contributed by atoms with E-state index in [1.807, 2.05) is 0 Å². The molecule has 0 saturated heterocycles. The van der Waals surface area contributed by atoms with Crippen molar-refractivity contribution < 1.29 is 81.7 Å². The molecule has 1 fully saturated rings. The Bertz CT molecular complexity index is 208. The van der Waals surface area contributed by atoms with Crippen LogP contribution in [-0.4, -0.2) is 50.3 Å². The van der Waals surface area contributed by atoms with Crippen molar-refractivity contribution in [3.8, 4) is 0 Å². The minimum Gasteiger partial charge on any atom is -0.547 e. The fourth-order valence-corrected chi connectivity index (χ4v) is 1.44. The molecule has 2 atom stereocenters. The Balaban J connectivity index is 0.00000169. The van der Waals surface area contributed by atoms with Crippen molar-refractivity contribution in [3.05, 3.63) is 0 Å². The molecular formula is C7H11KO6. The van der Waals surface area contributed by atoms with Crippen molar-refractivity contribution in [2.24, 2.45) is 0 Å². The summed E-state index contributed by atoms with van der Waals surface area (Å²) in [5.41, 5.74) is -2.25. The quantitative estimate of drug-likeness (QED) is 0.332. The van der Waals surface area contributed by atoms with Gasteiger partial charge in [0.1, 0.15) is 11.7 Å². The van der Waals surface area contributed by atoms with Crippen LogP contribution in [0.4, 0.5) is 0 Å². The first-order chi connectivity index (χ1) is 5.87. The molecule has 1 saturated carbocycles. The minimum atomic E-state index is -2.25. The van der Waals surface area contributed by atoms with Gasteiger partial charge in [0.15, 0.2) is 0 Å². The maximum Gasteiger partial charge on any atom is 1.00 e. The Hall–Kier alpha value is 0.946. The molecule has 0 spiro atoms. The molecule has 0 amide bonds. The summed E-state index contributed by atoms with van der Waals surface area (Å²) in [6.07, 6.45) is -5.39. The number of hydrogen-bond donors (Lipinski definition) is 4. The number of rotatable bonds is 1. The SMILES string of the molecule is O=C([O-])C1(O)C[C@@H](O)C(O)[C@H](O)C1.[K+]. The Morgan fingerprint density at radius 3 is 1.86 bits per heavy atom. The van der Waals surface area contributed by atoms with Gasteiger partial charge in [-0.2, -0.15) is 0 Å². The molecule has 0 aromatic rings. The van der Waals surface area contributed by atoms with E-state index in [0.717, 1.165) is 0 Å². The molecule has 0 radical (unpaired) electrons. The van der Waals surface area contributed by atoms with Gasteiger partial charge < -0.3 is 30.3 Å². The summed E-state index contributed by atoms with van der Waals surface area (Å²) in [7, 11) is 0. The molecular weight excluding hydrogens is 219 g/mol. The largest absolute Gasteiger partial charge is 1.00 e. The van der Waals surface area contributed by atoms with Crippen LogP contribution in [-0.2, 0) is 4.79 Å². The second kappa shape index (κ2) is 5.33. The molecule has 0 unspecified atom stereocenters. The van der Waals surface area contributed by atoms with Crippen LogP contribution in [0.25, 0.3) is 0 Å². The monoisotopic (exact) mass is 230 g/mol.